The van der Waals surface area contributed by atoms with Gasteiger partial charge in [0.1, 0.15) is 12.3 Å². The van der Waals surface area contributed by atoms with Crippen LogP contribution in [0.15, 0.2) is 36.0 Å². The van der Waals surface area contributed by atoms with Crippen molar-refractivity contribution in [2.24, 2.45) is 0 Å². The predicted octanol–water partition coefficient (Wildman–Crippen LogP) is 3.01. The molecular formula is C21H24F2N2O5. The molecule has 1 aromatic carbocycles. The molecule has 0 saturated heterocycles. The maximum atomic E-state index is 12.6. The lowest BCUT2D eigenvalue weighted by Crippen LogP contribution is -2.38. The van der Waals surface area contributed by atoms with Crippen LogP contribution in [-0.4, -0.2) is 48.5 Å². The first-order valence-corrected chi connectivity index (χ1v) is 9.94. The highest BCUT2D eigenvalue weighted by Crippen LogP contribution is 2.33. The van der Waals surface area contributed by atoms with Crippen LogP contribution in [0.4, 0.5) is 8.78 Å². The minimum absolute atomic E-state index is 0.0566. The number of amides is 2. The van der Waals surface area contributed by atoms with Crippen LogP contribution in [0.2, 0.25) is 0 Å². The zero-order valence-corrected chi connectivity index (χ0v) is 16.4. The standard InChI is InChI=1S/C21H24F2N2O5/c22-21(23)30-17-8-4-5-14(11-17)20(28)24-12-19(27)29-13-18(26)25(16-9-10-16)15-6-2-1-3-7-15/h4-6,8,11,16,21H,1-3,7,9-10,12-13H2,(H,24,28). The monoisotopic (exact) mass is 422 g/mol. The maximum absolute atomic E-state index is 12.6. The van der Waals surface area contributed by atoms with Gasteiger partial charge in [0.05, 0.1) is 0 Å². The minimum Gasteiger partial charge on any atom is -0.454 e. The first-order chi connectivity index (χ1) is 14.4. The molecule has 1 N–H and O–H groups in total. The molecule has 1 fully saturated rings. The van der Waals surface area contributed by atoms with E-state index in [4.69, 9.17) is 4.74 Å². The molecule has 9 heteroatoms. The number of esters is 1. The van der Waals surface area contributed by atoms with Gasteiger partial charge in [0.15, 0.2) is 6.61 Å². The highest BCUT2D eigenvalue weighted by molar-refractivity contribution is 5.96. The van der Waals surface area contributed by atoms with Crippen molar-refractivity contribution in [1.82, 2.24) is 10.2 Å². The van der Waals surface area contributed by atoms with Crippen molar-refractivity contribution in [3.05, 3.63) is 41.6 Å². The average molecular weight is 422 g/mol. The third-order valence-corrected chi connectivity index (χ3v) is 4.83. The van der Waals surface area contributed by atoms with Crippen LogP contribution in [-0.2, 0) is 14.3 Å². The van der Waals surface area contributed by atoms with Crippen LogP contribution >= 0.6 is 0 Å². The molecule has 0 radical (unpaired) electrons. The summed E-state index contributed by atoms with van der Waals surface area (Å²) in [6.45, 7) is -3.84. The number of rotatable bonds is 9. The van der Waals surface area contributed by atoms with E-state index in [1.54, 1.807) is 4.90 Å². The van der Waals surface area contributed by atoms with Crippen molar-refractivity contribution >= 4 is 17.8 Å². The summed E-state index contributed by atoms with van der Waals surface area (Å²) in [5.74, 6) is -1.83. The van der Waals surface area contributed by atoms with Crippen LogP contribution in [0.5, 0.6) is 5.75 Å². The van der Waals surface area contributed by atoms with Crippen molar-refractivity contribution < 1.29 is 32.6 Å². The second-order valence-electron chi connectivity index (χ2n) is 7.19. The van der Waals surface area contributed by atoms with E-state index in [1.165, 1.54) is 18.2 Å². The Balaban J connectivity index is 1.45. The van der Waals surface area contributed by atoms with Gasteiger partial charge in [-0.1, -0.05) is 12.1 Å². The van der Waals surface area contributed by atoms with Gasteiger partial charge in [0.25, 0.3) is 11.8 Å². The Bertz CT molecular complexity index is 823. The maximum Gasteiger partial charge on any atom is 0.387 e. The molecule has 0 atom stereocenters. The number of nitrogens with one attached hydrogen (secondary N) is 1. The molecule has 30 heavy (non-hydrogen) atoms. The van der Waals surface area contributed by atoms with E-state index in [0.717, 1.165) is 50.3 Å². The van der Waals surface area contributed by atoms with Crippen molar-refractivity contribution in [2.75, 3.05) is 13.2 Å². The predicted molar refractivity (Wildman–Crippen MR) is 103 cm³/mol. The van der Waals surface area contributed by atoms with Crippen molar-refractivity contribution in [1.29, 1.82) is 0 Å². The van der Waals surface area contributed by atoms with E-state index >= 15 is 0 Å². The summed E-state index contributed by atoms with van der Waals surface area (Å²) < 4.78 is 33.8. The van der Waals surface area contributed by atoms with Gasteiger partial charge in [-0.25, -0.2) is 0 Å². The number of carbonyl (C=O) groups is 3. The Hall–Kier alpha value is -2.97. The van der Waals surface area contributed by atoms with Crippen molar-refractivity contribution in [2.45, 2.75) is 51.2 Å². The molecule has 0 spiro atoms. The molecule has 7 nitrogen and oxygen atoms in total. The van der Waals surface area contributed by atoms with E-state index in [9.17, 15) is 23.2 Å². The molecule has 2 aliphatic rings. The zero-order chi connectivity index (χ0) is 21.5. The van der Waals surface area contributed by atoms with E-state index in [0.29, 0.717) is 0 Å². The smallest absolute Gasteiger partial charge is 0.387 e. The van der Waals surface area contributed by atoms with Gasteiger partial charge in [0.2, 0.25) is 0 Å². The zero-order valence-electron chi connectivity index (χ0n) is 16.4. The van der Waals surface area contributed by atoms with Crippen LogP contribution in [0, 0.1) is 0 Å². The summed E-state index contributed by atoms with van der Waals surface area (Å²) in [4.78, 5) is 38.3. The quantitative estimate of drug-likeness (QED) is 0.619. The molecule has 2 amide bonds. The molecule has 0 heterocycles. The number of carbonyl (C=O) groups excluding carboxylic acids is 3. The van der Waals surface area contributed by atoms with E-state index in [2.05, 4.69) is 16.1 Å². The first kappa shape index (κ1) is 21.7. The number of ether oxygens (including phenoxy) is 2. The fourth-order valence-electron chi connectivity index (χ4n) is 3.30. The molecule has 0 bridgehead atoms. The highest BCUT2D eigenvalue weighted by atomic mass is 19.3. The number of hydrogen-bond acceptors (Lipinski definition) is 5. The normalized spacial score (nSPS) is 15.9. The number of halogens is 2. The molecule has 1 saturated carbocycles. The first-order valence-electron chi connectivity index (χ1n) is 9.94. The Morgan fingerprint density at radius 2 is 2.00 bits per heavy atom. The molecule has 3 rings (SSSR count). The summed E-state index contributed by atoms with van der Waals surface area (Å²) in [6, 6.07) is 5.39. The van der Waals surface area contributed by atoms with E-state index < -0.39 is 25.0 Å². The average Bonchev–Trinajstić information content (AvgIpc) is 3.56. The Kier molecular flexibility index (Phi) is 7.37. The third-order valence-electron chi connectivity index (χ3n) is 4.83. The molecule has 162 valence electrons. The van der Waals surface area contributed by atoms with Crippen LogP contribution < -0.4 is 10.1 Å². The van der Waals surface area contributed by atoms with E-state index in [-0.39, 0.29) is 29.9 Å². The van der Waals surface area contributed by atoms with Crippen molar-refractivity contribution in [3.8, 4) is 5.75 Å². The lowest BCUT2D eigenvalue weighted by atomic mass is 10.0. The molecule has 0 aromatic heterocycles. The molecule has 0 unspecified atom stereocenters. The highest BCUT2D eigenvalue weighted by Gasteiger charge is 2.35. The van der Waals surface area contributed by atoms with E-state index in [1.807, 2.05) is 0 Å². The lowest BCUT2D eigenvalue weighted by Gasteiger charge is -2.27. The minimum atomic E-state index is -3.00. The Labute approximate surface area is 173 Å². The number of allylic oxidation sites excluding steroid dienone is 2. The molecular weight excluding hydrogens is 398 g/mol. The summed E-state index contributed by atoms with van der Waals surface area (Å²) in [7, 11) is 0. The van der Waals surface area contributed by atoms with Gasteiger partial charge in [-0.15, -0.1) is 0 Å². The Morgan fingerprint density at radius 1 is 1.20 bits per heavy atom. The molecule has 1 aromatic rings. The summed E-state index contributed by atoms with van der Waals surface area (Å²) in [6.07, 6.45) is 7.91. The van der Waals surface area contributed by atoms with Gasteiger partial charge in [-0.3, -0.25) is 14.4 Å². The number of nitrogens with zero attached hydrogens (tertiary/aromatic N) is 1. The summed E-state index contributed by atoms with van der Waals surface area (Å²) in [5, 5.41) is 2.34. The van der Waals surface area contributed by atoms with Gasteiger partial charge in [0, 0.05) is 17.3 Å². The third kappa shape index (κ3) is 6.27. The van der Waals surface area contributed by atoms with Crippen molar-refractivity contribution in [3.63, 3.8) is 0 Å². The topological polar surface area (TPSA) is 84.9 Å². The number of benzene rings is 1. The van der Waals surface area contributed by atoms with Gasteiger partial charge < -0.3 is 19.7 Å². The van der Waals surface area contributed by atoms with Gasteiger partial charge in [-0.2, -0.15) is 8.78 Å². The lowest BCUT2D eigenvalue weighted by molar-refractivity contribution is -0.150. The summed E-state index contributed by atoms with van der Waals surface area (Å²) >= 11 is 0. The van der Waals surface area contributed by atoms with Crippen LogP contribution in [0.25, 0.3) is 0 Å². The molecule has 2 aliphatic carbocycles. The second kappa shape index (κ2) is 10.2. The van der Waals surface area contributed by atoms with Gasteiger partial charge >= 0.3 is 12.6 Å². The fraction of sp³-hybridized carbons (Fsp3) is 0.476. The van der Waals surface area contributed by atoms with Crippen LogP contribution in [0.1, 0.15) is 48.9 Å². The molecule has 0 aliphatic heterocycles. The summed E-state index contributed by atoms with van der Waals surface area (Å²) in [5.41, 5.74) is 1.06. The van der Waals surface area contributed by atoms with Gasteiger partial charge in [-0.05, 0) is 56.7 Å². The Morgan fingerprint density at radius 3 is 2.67 bits per heavy atom. The number of alkyl halides is 2. The largest absolute Gasteiger partial charge is 0.454 e. The second-order valence-corrected chi connectivity index (χ2v) is 7.19. The number of hydrogen-bond donors (Lipinski definition) is 1. The van der Waals surface area contributed by atoms with Crippen LogP contribution in [0.3, 0.4) is 0 Å². The fourth-order valence-corrected chi connectivity index (χ4v) is 3.30. The SMILES string of the molecule is O=C(CNC(=O)c1cccc(OC(F)F)c1)OCC(=O)N(C1=CCCCC1)C1CC1.